The van der Waals surface area contributed by atoms with Gasteiger partial charge in [0.25, 0.3) is 0 Å². The molecule has 0 saturated carbocycles. The fourth-order valence-electron chi connectivity index (χ4n) is 2.64. The molecular formula is C20H16N4O3. The Balaban J connectivity index is 1.72. The summed E-state index contributed by atoms with van der Waals surface area (Å²) in [6.45, 7) is 2.03. The molecule has 1 N–H and O–H groups in total. The van der Waals surface area contributed by atoms with Crippen molar-refractivity contribution in [3.05, 3.63) is 66.4 Å². The van der Waals surface area contributed by atoms with Crippen molar-refractivity contribution in [3.8, 4) is 11.3 Å². The molecule has 7 nitrogen and oxygen atoms in total. The number of hydrogen-bond donors (Lipinski definition) is 1. The largest absolute Gasteiger partial charge is 0.462 e. The third kappa shape index (κ3) is 3.48. The summed E-state index contributed by atoms with van der Waals surface area (Å²) in [4.78, 5) is 25.3. The number of rotatable bonds is 5. The molecule has 0 aliphatic rings. The minimum absolute atomic E-state index is 0.272. The topological polar surface area (TPSA) is 90.1 Å². The van der Waals surface area contributed by atoms with Gasteiger partial charge in [-0.05, 0) is 19.1 Å². The van der Waals surface area contributed by atoms with E-state index in [0.29, 0.717) is 16.8 Å². The van der Waals surface area contributed by atoms with Crippen LogP contribution in [0.5, 0.6) is 0 Å². The smallest absolute Gasteiger partial charge is 0.341 e. The number of nitrogens with zero attached hydrogens (tertiary/aromatic N) is 3. The summed E-state index contributed by atoms with van der Waals surface area (Å²) in [5, 5.41) is 2.95. The van der Waals surface area contributed by atoms with Crippen LogP contribution in [0.2, 0.25) is 0 Å². The van der Waals surface area contributed by atoms with Crippen molar-refractivity contribution in [2.45, 2.75) is 6.92 Å². The molecule has 7 heteroatoms. The van der Waals surface area contributed by atoms with Gasteiger partial charge in [0.05, 0.1) is 12.3 Å². The molecule has 0 saturated heterocycles. The third-order valence-corrected chi connectivity index (χ3v) is 3.84. The second kappa shape index (κ2) is 7.25. The van der Waals surface area contributed by atoms with E-state index in [4.69, 9.17) is 9.15 Å². The maximum absolute atomic E-state index is 12.3. The van der Waals surface area contributed by atoms with Gasteiger partial charge in [0.2, 0.25) is 5.95 Å². The molecule has 0 spiro atoms. The van der Waals surface area contributed by atoms with Crippen molar-refractivity contribution >= 4 is 29.0 Å². The molecule has 134 valence electrons. The van der Waals surface area contributed by atoms with Crippen LogP contribution < -0.4 is 5.32 Å². The van der Waals surface area contributed by atoms with Crippen molar-refractivity contribution < 1.29 is 13.9 Å². The average molecular weight is 360 g/mol. The van der Waals surface area contributed by atoms with Crippen LogP contribution in [0, 0.1) is 0 Å². The molecule has 0 aliphatic heterocycles. The van der Waals surface area contributed by atoms with Crippen molar-refractivity contribution in [2.75, 3.05) is 11.9 Å². The van der Waals surface area contributed by atoms with E-state index in [1.165, 1.54) is 6.20 Å². The van der Waals surface area contributed by atoms with E-state index < -0.39 is 5.97 Å². The SMILES string of the molecule is CCOC(=O)c1cnc(Nc2nc3ccccc3o2)nc1-c1ccccc1. The molecule has 27 heavy (non-hydrogen) atoms. The summed E-state index contributed by atoms with van der Waals surface area (Å²) in [6.07, 6.45) is 1.44. The molecule has 4 aromatic rings. The molecule has 0 atom stereocenters. The summed E-state index contributed by atoms with van der Waals surface area (Å²) in [5.41, 5.74) is 2.94. The van der Waals surface area contributed by atoms with Crippen LogP contribution in [-0.4, -0.2) is 27.5 Å². The highest BCUT2D eigenvalue weighted by atomic mass is 16.5. The summed E-state index contributed by atoms with van der Waals surface area (Å²) < 4.78 is 10.8. The standard InChI is InChI=1S/C20H16N4O3/c1-2-26-18(25)14-12-21-19(23-17(14)13-8-4-3-5-9-13)24-20-22-15-10-6-7-11-16(15)27-20/h3-12H,2H2,1H3,(H,21,22,23,24). The molecule has 0 amide bonds. The Labute approximate surface area is 155 Å². The first kappa shape index (κ1) is 16.7. The van der Waals surface area contributed by atoms with Gasteiger partial charge in [-0.2, -0.15) is 4.98 Å². The number of aromatic nitrogens is 3. The van der Waals surface area contributed by atoms with E-state index in [1.807, 2.05) is 54.6 Å². The van der Waals surface area contributed by atoms with Crippen molar-refractivity contribution in [2.24, 2.45) is 0 Å². The predicted octanol–water partition coefficient (Wildman–Crippen LogP) is 4.21. The lowest BCUT2D eigenvalue weighted by atomic mass is 10.1. The van der Waals surface area contributed by atoms with Crippen LogP contribution in [-0.2, 0) is 4.74 Å². The van der Waals surface area contributed by atoms with Crippen LogP contribution in [0.25, 0.3) is 22.4 Å². The summed E-state index contributed by atoms with van der Waals surface area (Å²) in [5.74, 6) is -0.196. The average Bonchev–Trinajstić information content (AvgIpc) is 3.11. The molecule has 4 rings (SSSR count). The maximum atomic E-state index is 12.3. The fraction of sp³-hybridized carbons (Fsp3) is 0.100. The highest BCUT2D eigenvalue weighted by molar-refractivity contribution is 5.96. The zero-order valence-corrected chi connectivity index (χ0v) is 14.5. The number of benzene rings is 2. The number of carbonyl (C=O) groups is 1. The Hall–Kier alpha value is -3.74. The zero-order valence-electron chi connectivity index (χ0n) is 14.5. The van der Waals surface area contributed by atoms with Gasteiger partial charge in [0, 0.05) is 11.8 Å². The molecule has 0 aliphatic carbocycles. The van der Waals surface area contributed by atoms with Gasteiger partial charge < -0.3 is 9.15 Å². The summed E-state index contributed by atoms with van der Waals surface area (Å²) in [6, 6.07) is 17.1. The lowest BCUT2D eigenvalue weighted by Crippen LogP contribution is -2.10. The van der Waals surface area contributed by atoms with Gasteiger partial charge in [-0.25, -0.2) is 14.8 Å². The highest BCUT2D eigenvalue weighted by Gasteiger charge is 2.18. The molecule has 0 radical (unpaired) electrons. The second-order valence-corrected chi connectivity index (χ2v) is 5.65. The van der Waals surface area contributed by atoms with Crippen molar-refractivity contribution in [3.63, 3.8) is 0 Å². The van der Waals surface area contributed by atoms with Crippen LogP contribution in [0.15, 0.2) is 65.2 Å². The molecular weight excluding hydrogens is 344 g/mol. The van der Waals surface area contributed by atoms with E-state index in [9.17, 15) is 4.79 Å². The summed E-state index contributed by atoms with van der Waals surface area (Å²) in [7, 11) is 0. The van der Waals surface area contributed by atoms with E-state index in [0.717, 1.165) is 11.1 Å². The minimum atomic E-state index is -0.468. The molecule has 0 unspecified atom stereocenters. The van der Waals surface area contributed by atoms with Crippen molar-refractivity contribution in [1.29, 1.82) is 0 Å². The first-order valence-electron chi connectivity index (χ1n) is 8.47. The maximum Gasteiger partial charge on any atom is 0.341 e. The Morgan fingerprint density at radius 1 is 1.07 bits per heavy atom. The first-order valence-corrected chi connectivity index (χ1v) is 8.47. The normalized spacial score (nSPS) is 10.7. The predicted molar refractivity (Wildman–Crippen MR) is 101 cm³/mol. The van der Waals surface area contributed by atoms with Crippen LogP contribution in [0.3, 0.4) is 0 Å². The molecule has 0 fully saturated rings. The van der Waals surface area contributed by atoms with Crippen LogP contribution in [0.1, 0.15) is 17.3 Å². The molecule has 2 aromatic carbocycles. The fourth-order valence-corrected chi connectivity index (χ4v) is 2.64. The quantitative estimate of drug-likeness (QED) is 0.533. The minimum Gasteiger partial charge on any atom is -0.462 e. The number of hydrogen-bond acceptors (Lipinski definition) is 7. The lowest BCUT2D eigenvalue weighted by molar-refractivity contribution is 0.0526. The summed E-state index contributed by atoms with van der Waals surface area (Å²) >= 11 is 0. The lowest BCUT2D eigenvalue weighted by Gasteiger charge is -2.09. The van der Waals surface area contributed by atoms with Crippen molar-refractivity contribution in [1.82, 2.24) is 15.0 Å². The van der Waals surface area contributed by atoms with E-state index in [2.05, 4.69) is 20.3 Å². The highest BCUT2D eigenvalue weighted by Crippen LogP contribution is 2.25. The van der Waals surface area contributed by atoms with Crippen LogP contribution in [0.4, 0.5) is 12.0 Å². The molecule has 2 heterocycles. The van der Waals surface area contributed by atoms with E-state index >= 15 is 0 Å². The van der Waals surface area contributed by atoms with Gasteiger partial charge in [0.15, 0.2) is 5.58 Å². The number of nitrogens with one attached hydrogen (secondary N) is 1. The van der Waals surface area contributed by atoms with Gasteiger partial charge in [0.1, 0.15) is 11.1 Å². The number of ether oxygens (including phenoxy) is 1. The molecule has 2 aromatic heterocycles. The van der Waals surface area contributed by atoms with E-state index in [-0.39, 0.29) is 18.6 Å². The van der Waals surface area contributed by atoms with Gasteiger partial charge >= 0.3 is 12.0 Å². The number of esters is 1. The Kier molecular flexibility index (Phi) is 4.49. The molecule has 0 bridgehead atoms. The number of anilines is 2. The Bertz CT molecular complexity index is 1060. The van der Waals surface area contributed by atoms with Crippen LogP contribution >= 0.6 is 0 Å². The third-order valence-electron chi connectivity index (χ3n) is 3.84. The van der Waals surface area contributed by atoms with Gasteiger partial charge in [-0.15, -0.1) is 0 Å². The van der Waals surface area contributed by atoms with Gasteiger partial charge in [-0.3, -0.25) is 5.32 Å². The number of para-hydroxylation sites is 2. The Morgan fingerprint density at radius 3 is 2.63 bits per heavy atom. The first-order chi connectivity index (χ1) is 13.2. The number of fused-ring (bicyclic) bond motifs is 1. The van der Waals surface area contributed by atoms with E-state index in [1.54, 1.807) is 6.92 Å². The number of oxazole rings is 1. The zero-order chi connectivity index (χ0) is 18.6. The number of carbonyl (C=O) groups excluding carboxylic acids is 1. The second-order valence-electron chi connectivity index (χ2n) is 5.65. The monoisotopic (exact) mass is 360 g/mol. The van der Waals surface area contributed by atoms with Gasteiger partial charge in [-0.1, -0.05) is 42.5 Å². The Morgan fingerprint density at radius 2 is 1.85 bits per heavy atom.